The smallest absolute Gasteiger partial charge is 0.320 e. The number of likely N-dealkylation sites (tertiary alicyclic amines) is 1. The Hall–Kier alpha value is -1.70. The molecule has 1 aromatic rings. The number of para-hydroxylation sites is 1. The van der Waals surface area contributed by atoms with Crippen molar-refractivity contribution in [2.24, 2.45) is 5.92 Å². The van der Waals surface area contributed by atoms with E-state index in [1.165, 1.54) is 11.8 Å². The van der Waals surface area contributed by atoms with Gasteiger partial charge in [0, 0.05) is 6.54 Å². The van der Waals surface area contributed by atoms with E-state index in [0.29, 0.717) is 13.0 Å². The molecule has 1 aromatic carbocycles. The molecule has 0 aromatic heterocycles. The van der Waals surface area contributed by atoms with Gasteiger partial charge in [-0.25, -0.2) is 8.78 Å². The highest BCUT2D eigenvalue weighted by Gasteiger charge is 2.43. The van der Waals surface area contributed by atoms with Crippen molar-refractivity contribution in [3.63, 3.8) is 0 Å². The minimum Gasteiger partial charge on any atom is -0.320 e. The lowest BCUT2D eigenvalue weighted by molar-refractivity contribution is -0.188. The molecule has 1 saturated heterocycles. The molecule has 1 fully saturated rings. The Morgan fingerprint density at radius 2 is 1.91 bits per heavy atom. The van der Waals surface area contributed by atoms with E-state index in [0.717, 1.165) is 18.2 Å². The summed E-state index contributed by atoms with van der Waals surface area (Å²) in [7, 11) is 0. The van der Waals surface area contributed by atoms with Crippen molar-refractivity contribution in [1.29, 1.82) is 0 Å². The van der Waals surface area contributed by atoms with E-state index in [1.807, 2.05) is 0 Å². The minimum atomic E-state index is -4.31. The average Bonchev–Trinajstić information content (AvgIpc) is 2.49. The van der Waals surface area contributed by atoms with Crippen LogP contribution in [0.3, 0.4) is 0 Å². The van der Waals surface area contributed by atoms with Crippen LogP contribution in [0.2, 0.25) is 0 Å². The van der Waals surface area contributed by atoms with Crippen LogP contribution in [0, 0.1) is 17.6 Å². The van der Waals surface area contributed by atoms with Crippen molar-refractivity contribution in [2.75, 3.05) is 18.4 Å². The van der Waals surface area contributed by atoms with Crippen LogP contribution in [-0.4, -0.2) is 36.1 Å². The zero-order valence-electron chi connectivity index (χ0n) is 12.5. The number of anilines is 1. The molecule has 128 valence electrons. The summed E-state index contributed by atoms with van der Waals surface area (Å²) in [6.45, 7) is 1.46. The van der Waals surface area contributed by atoms with Crippen LogP contribution in [0.25, 0.3) is 0 Å². The van der Waals surface area contributed by atoms with Gasteiger partial charge in [0.2, 0.25) is 5.91 Å². The van der Waals surface area contributed by atoms with Crippen LogP contribution in [0.4, 0.5) is 27.6 Å². The number of piperidine rings is 1. The van der Waals surface area contributed by atoms with Gasteiger partial charge in [-0.05, 0) is 38.4 Å². The standard InChI is InChI=1S/C15H17F5N2O/c1-9(22-7-3-4-10(8-22)15(18,19)20)14(23)21-13-11(16)5-2-6-12(13)17/h2,5-6,9-10H,3-4,7-8H2,1H3,(H,21,23). The predicted octanol–water partition coefficient (Wildman–Crippen LogP) is 3.57. The summed E-state index contributed by atoms with van der Waals surface area (Å²) in [4.78, 5) is 13.5. The van der Waals surface area contributed by atoms with E-state index in [2.05, 4.69) is 5.32 Å². The third kappa shape index (κ3) is 4.19. The number of carbonyl (C=O) groups excluding carboxylic acids is 1. The maximum atomic E-state index is 13.5. The minimum absolute atomic E-state index is 0.0241. The summed E-state index contributed by atoms with van der Waals surface area (Å²) >= 11 is 0. The Morgan fingerprint density at radius 1 is 1.30 bits per heavy atom. The van der Waals surface area contributed by atoms with Crippen LogP contribution in [0.15, 0.2) is 18.2 Å². The lowest BCUT2D eigenvalue weighted by Gasteiger charge is -2.36. The molecule has 0 saturated carbocycles. The number of nitrogens with zero attached hydrogens (tertiary/aromatic N) is 1. The van der Waals surface area contributed by atoms with E-state index in [-0.39, 0.29) is 13.0 Å². The third-order valence-electron chi connectivity index (χ3n) is 4.05. The quantitative estimate of drug-likeness (QED) is 0.856. The van der Waals surface area contributed by atoms with Crippen molar-refractivity contribution < 1.29 is 26.7 Å². The maximum absolute atomic E-state index is 13.5. The highest BCUT2D eigenvalue weighted by Crippen LogP contribution is 2.33. The predicted molar refractivity (Wildman–Crippen MR) is 74.8 cm³/mol. The van der Waals surface area contributed by atoms with E-state index < -0.39 is 41.4 Å². The number of halogens is 5. The number of alkyl halides is 3. The molecule has 0 bridgehead atoms. The second-order valence-corrected chi connectivity index (χ2v) is 5.64. The molecule has 2 rings (SSSR count). The number of nitrogens with one attached hydrogen (secondary N) is 1. The van der Waals surface area contributed by atoms with Crippen LogP contribution in [-0.2, 0) is 4.79 Å². The Morgan fingerprint density at radius 3 is 2.48 bits per heavy atom. The highest BCUT2D eigenvalue weighted by molar-refractivity contribution is 5.94. The van der Waals surface area contributed by atoms with Gasteiger partial charge in [0.1, 0.15) is 17.3 Å². The van der Waals surface area contributed by atoms with Crippen molar-refractivity contribution >= 4 is 11.6 Å². The number of carbonyl (C=O) groups is 1. The Kier molecular flexibility index (Phi) is 5.23. The molecular formula is C15H17F5N2O. The van der Waals surface area contributed by atoms with Gasteiger partial charge in [0.15, 0.2) is 0 Å². The number of hydrogen-bond donors (Lipinski definition) is 1. The molecule has 2 atom stereocenters. The number of hydrogen-bond acceptors (Lipinski definition) is 2. The number of rotatable bonds is 3. The van der Waals surface area contributed by atoms with E-state index in [1.54, 1.807) is 0 Å². The normalized spacial score (nSPS) is 21.0. The van der Waals surface area contributed by atoms with Crippen molar-refractivity contribution in [1.82, 2.24) is 4.90 Å². The first-order valence-corrected chi connectivity index (χ1v) is 7.25. The van der Waals surface area contributed by atoms with Crippen LogP contribution in [0.1, 0.15) is 19.8 Å². The van der Waals surface area contributed by atoms with Crippen molar-refractivity contribution in [2.45, 2.75) is 32.0 Å². The van der Waals surface area contributed by atoms with Gasteiger partial charge < -0.3 is 5.32 Å². The summed E-state index contributed by atoms with van der Waals surface area (Å²) in [5.41, 5.74) is -0.589. The van der Waals surface area contributed by atoms with Gasteiger partial charge in [-0.2, -0.15) is 13.2 Å². The molecule has 1 N–H and O–H groups in total. The molecule has 0 aliphatic carbocycles. The lowest BCUT2D eigenvalue weighted by Crippen LogP contribution is -2.49. The van der Waals surface area contributed by atoms with Crippen LogP contribution >= 0.6 is 0 Å². The molecule has 8 heteroatoms. The Labute approximate surface area is 130 Å². The van der Waals surface area contributed by atoms with E-state index in [4.69, 9.17) is 0 Å². The first-order chi connectivity index (χ1) is 10.7. The fraction of sp³-hybridized carbons (Fsp3) is 0.533. The molecule has 0 radical (unpaired) electrons. The fourth-order valence-corrected chi connectivity index (χ4v) is 2.64. The molecule has 1 aliphatic heterocycles. The largest absolute Gasteiger partial charge is 0.393 e. The van der Waals surface area contributed by atoms with Gasteiger partial charge >= 0.3 is 6.18 Å². The molecule has 1 aliphatic rings. The SMILES string of the molecule is CC(C(=O)Nc1c(F)cccc1F)N1CCCC(C(F)(F)F)C1. The summed E-state index contributed by atoms with van der Waals surface area (Å²) in [6, 6.07) is 2.22. The first-order valence-electron chi connectivity index (χ1n) is 7.25. The zero-order chi connectivity index (χ0) is 17.2. The molecule has 2 unspecified atom stereocenters. The monoisotopic (exact) mass is 336 g/mol. The molecule has 1 heterocycles. The van der Waals surface area contributed by atoms with Gasteiger partial charge in [-0.1, -0.05) is 6.07 Å². The molecule has 3 nitrogen and oxygen atoms in total. The Balaban J connectivity index is 2.05. The summed E-state index contributed by atoms with van der Waals surface area (Å²) in [5, 5.41) is 2.12. The number of amides is 1. The zero-order valence-corrected chi connectivity index (χ0v) is 12.5. The Bertz CT molecular complexity index is 555. The summed E-state index contributed by atoms with van der Waals surface area (Å²) in [6.07, 6.45) is -3.97. The topological polar surface area (TPSA) is 32.3 Å². The van der Waals surface area contributed by atoms with Gasteiger partial charge in [-0.3, -0.25) is 9.69 Å². The van der Waals surface area contributed by atoms with Crippen LogP contribution in [0.5, 0.6) is 0 Å². The maximum Gasteiger partial charge on any atom is 0.393 e. The highest BCUT2D eigenvalue weighted by atomic mass is 19.4. The van der Waals surface area contributed by atoms with Crippen molar-refractivity contribution in [3.8, 4) is 0 Å². The van der Waals surface area contributed by atoms with E-state index in [9.17, 15) is 26.7 Å². The second kappa shape index (κ2) is 6.82. The van der Waals surface area contributed by atoms with Gasteiger partial charge in [0.05, 0.1) is 12.0 Å². The molecule has 1 amide bonds. The molecular weight excluding hydrogens is 319 g/mol. The van der Waals surface area contributed by atoms with Crippen LogP contribution < -0.4 is 5.32 Å². The lowest BCUT2D eigenvalue weighted by atomic mass is 9.96. The summed E-state index contributed by atoms with van der Waals surface area (Å²) in [5.74, 6) is -4.09. The molecule has 0 spiro atoms. The summed E-state index contributed by atoms with van der Waals surface area (Å²) < 4.78 is 65.5. The van der Waals surface area contributed by atoms with E-state index >= 15 is 0 Å². The fourth-order valence-electron chi connectivity index (χ4n) is 2.64. The van der Waals surface area contributed by atoms with Gasteiger partial charge in [0.25, 0.3) is 0 Å². The number of benzene rings is 1. The second-order valence-electron chi connectivity index (χ2n) is 5.64. The molecule has 23 heavy (non-hydrogen) atoms. The third-order valence-corrected chi connectivity index (χ3v) is 4.05. The average molecular weight is 336 g/mol. The first kappa shape index (κ1) is 17.7. The van der Waals surface area contributed by atoms with Crippen molar-refractivity contribution in [3.05, 3.63) is 29.8 Å². The van der Waals surface area contributed by atoms with Gasteiger partial charge in [-0.15, -0.1) is 0 Å².